The number of carbonyl (C=O) groups is 2. The zero-order valence-corrected chi connectivity index (χ0v) is 13.4. The summed E-state index contributed by atoms with van der Waals surface area (Å²) >= 11 is 0. The summed E-state index contributed by atoms with van der Waals surface area (Å²) in [6.45, 7) is 0. The topological polar surface area (TPSA) is 126 Å². The maximum atomic E-state index is 11.1. The molecular formula is C16H11CuN4O4+. The van der Waals surface area contributed by atoms with Crippen LogP contribution in [0.3, 0.4) is 0 Å². The molecule has 3 N–H and O–H groups in total. The average Bonchev–Trinajstić information content (AvgIpc) is 3.09. The van der Waals surface area contributed by atoms with Crippen molar-refractivity contribution in [3.05, 3.63) is 64.9 Å². The number of hydrogen-bond acceptors (Lipinski definition) is 6. The first-order chi connectivity index (χ1) is 11.7. The largest absolute Gasteiger partial charge is 2.00 e. The Morgan fingerprint density at radius 2 is 1.24 bits per heavy atom. The van der Waals surface area contributed by atoms with Crippen molar-refractivity contribution in [2.45, 2.75) is 0 Å². The Kier molecular flexibility index (Phi) is 5.53. The van der Waals surface area contributed by atoms with Crippen molar-refractivity contribution >= 4 is 34.6 Å². The van der Waals surface area contributed by atoms with Gasteiger partial charge < -0.3 is 26.2 Å². The fourth-order valence-corrected chi connectivity index (χ4v) is 2.39. The van der Waals surface area contributed by atoms with Crippen LogP contribution in [0.15, 0.2) is 58.8 Å². The third kappa shape index (κ3) is 3.37. The summed E-state index contributed by atoms with van der Waals surface area (Å²) in [4.78, 5) is 22.1. The number of amides is 2. The van der Waals surface area contributed by atoms with Gasteiger partial charge in [-0.25, -0.2) is 0 Å². The Labute approximate surface area is 152 Å². The van der Waals surface area contributed by atoms with Gasteiger partial charge in [-0.2, -0.15) is 0 Å². The fraction of sp³-hybridized carbons (Fsp3) is 0. The second-order valence-electron chi connectivity index (χ2n) is 4.89. The predicted molar refractivity (Wildman–Crippen MR) is 88.4 cm³/mol. The minimum absolute atomic E-state index is 0. The first-order valence-electron chi connectivity index (χ1n) is 6.89. The van der Waals surface area contributed by atoms with Gasteiger partial charge in [-0.3, -0.25) is 9.59 Å². The molecule has 2 heterocycles. The van der Waals surface area contributed by atoms with Gasteiger partial charge in [-0.05, 0) is 12.1 Å². The number of oxime groups is 1. The normalized spacial score (nSPS) is 17.0. The van der Waals surface area contributed by atoms with Gasteiger partial charge in [0, 0.05) is 11.1 Å². The molecule has 0 saturated carbocycles. The summed E-state index contributed by atoms with van der Waals surface area (Å²) in [5.41, 5.74) is 2.60. The molecule has 2 amide bonds. The molecule has 2 aliphatic rings. The van der Waals surface area contributed by atoms with E-state index in [1.54, 1.807) is 48.5 Å². The molecule has 0 unspecified atom stereocenters. The Balaban J connectivity index is 0.000000173. The maximum absolute atomic E-state index is 11.1. The van der Waals surface area contributed by atoms with Crippen LogP contribution >= 0.6 is 0 Å². The molecule has 0 aliphatic carbocycles. The van der Waals surface area contributed by atoms with Crippen molar-refractivity contribution in [2.24, 2.45) is 10.3 Å². The van der Waals surface area contributed by atoms with Gasteiger partial charge in [0.05, 0.1) is 11.4 Å². The predicted octanol–water partition coefficient (Wildman–Crippen LogP) is 1.74. The van der Waals surface area contributed by atoms with Crippen LogP contribution in [0.5, 0.6) is 0 Å². The number of nitrogens with one attached hydrogen (secondary N) is 2. The molecule has 0 aromatic heterocycles. The fourth-order valence-electron chi connectivity index (χ4n) is 2.39. The van der Waals surface area contributed by atoms with E-state index in [1.807, 2.05) is 0 Å². The number of hydrogen-bond donors (Lipinski definition) is 3. The van der Waals surface area contributed by atoms with Gasteiger partial charge >= 0.3 is 17.1 Å². The van der Waals surface area contributed by atoms with Crippen LogP contribution < -0.4 is 10.6 Å². The summed E-state index contributed by atoms with van der Waals surface area (Å²) in [5, 5.41) is 29.4. The van der Waals surface area contributed by atoms with E-state index in [-0.39, 0.29) is 34.4 Å². The van der Waals surface area contributed by atoms with E-state index in [4.69, 9.17) is 5.21 Å². The minimum Gasteiger partial charge on any atom is -0.791 e. The second kappa shape index (κ2) is 7.61. The van der Waals surface area contributed by atoms with Gasteiger partial charge in [0.25, 0.3) is 11.8 Å². The number of para-hydroxylation sites is 2. The van der Waals surface area contributed by atoms with E-state index in [9.17, 15) is 14.8 Å². The molecule has 1 radical (unpaired) electrons. The zero-order chi connectivity index (χ0) is 17.1. The van der Waals surface area contributed by atoms with E-state index in [0.717, 1.165) is 0 Å². The third-order valence-electron chi connectivity index (χ3n) is 3.48. The van der Waals surface area contributed by atoms with E-state index < -0.39 is 5.91 Å². The van der Waals surface area contributed by atoms with Crippen LogP contribution in [-0.4, -0.2) is 28.4 Å². The Bertz CT molecular complexity index is 822. The SMILES string of the molecule is O=C1Nc2ccccc2/C1=N\O.O=C1Nc2ccccc2C1=N[O-].[Cu+2]. The van der Waals surface area contributed by atoms with Gasteiger partial charge in [0.1, 0.15) is 5.71 Å². The monoisotopic (exact) mass is 386 g/mol. The molecule has 0 fully saturated rings. The molecule has 2 aromatic rings. The third-order valence-corrected chi connectivity index (χ3v) is 3.48. The Morgan fingerprint density at radius 3 is 1.72 bits per heavy atom. The average molecular weight is 387 g/mol. The van der Waals surface area contributed by atoms with Crippen molar-refractivity contribution < 1.29 is 31.9 Å². The van der Waals surface area contributed by atoms with Gasteiger partial charge in [-0.1, -0.05) is 41.6 Å². The van der Waals surface area contributed by atoms with Crippen LogP contribution in [0, 0.1) is 5.21 Å². The number of carbonyl (C=O) groups excluding carboxylic acids is 2. The number of rotatable bonds is 0. The van der Waals surface area contributed by atoms with Crippen LogP contribution in [0.2, 0.25) is 0 Å². The van der Waals surface area contributed by atoms with Gasteiger partial charge in [0.15, 0.2) is 5.71 Å². The molecule has 25 heavy (non-hydrogen) atoms. The number of nitrogens with zero attached hydrogens (tertiary/aromatic N) is 2. The van der Waals surface area contributed by atoms with Crippen LogP contribution in [0.25, 0.3) is 0 Å². The van der Waals surface area contributed by atoms with Crippen LogP contribution in [0.1, 0.15) is 11.1 Å². The first kappa shape index (κ1) is 18.2. The quantitative estimate of drug-likeness (QED) is 0.362. The van der Waals surface area contributed by atoms with Crippen LogP contribution in [0.4, 0.5) is 11.4 Å². The van der Waals surface area contributed by atoms with Crippen molar-refractivity contribution in [3.63, 3.8) is 0 Å². The van der Waals surface area contributed by atoms with Crippen molar-refractivity contribution in [2.75, 3.05) is 10.6 Å². The molecule has 0 bridgehead atoms. The molecule has 0 spiro atoms. The molecule has 9 heteroatoms. The molecule has 0 saturated heterocycles. The summed E-state index contributed by atoms with van der Waals surface area (Å²) in [7, 11) is 0. The van der Waals surface area contributed by atoms with Crippen molar-refractivity contribution in [3.8, 4) is 0 Å². The number of benzene rings is 2. The molecule has 129 valence electrons. The van der Waals surface area contributed by atoms with E-state index >= 15 is 0 Å². The number of anilines is 2. The summed E-state index contributed by atoms with van der Waals surface area (Å²) in [6, 6.07) is 14.0. The minimum atomic E-state index is -0.425. The van der Waals surface area contributed by atoms with Crippen molar-refractivity contribution in [1.29, 1.82) is 0 Å². The van der Waals surface area contributed by atoms with Gasteiger partial charge in [0.2, 0.25) is 0 Å². The van der Waals surface area contributed by atoms with E-state index in [0.29, 0.717) is 22.5 Å². The number of fused-ring (bicyclic) bond motifs is 2. The smallest absolute Gasteiger partial charge is 0.791 e. The first-order valence-corrected chi connectivity index (χ1v) is 6.89. The molecule has 2 aromatic carbocycles. The van der Waals surface area contributed by atoms with Crippen LogP contribution in [-0.2, 0) is 26.7 Å². The summed E-state index contributed by atoms with van der Waals surface area (Å²) in [6.07, 6.45) is 0. The summed E-state index contributed by atoms with van der Waals surface area (Å²) < 4.78 is 0. The Morgan fingerprint density at radius 1 is 0.800 bits per heavy atom. The van der Waals surface area contributed by atoms with Gasteiger partial charge in [-0.15, -0.1) is 0 Å². The second-order valence-corrected chi connectivity index (χ2v) is 4.89. The molecule has 4 rings (SSSR count). The summed E-state index contributed by atoms with van der Waals surface area (Å²) in [5.74, 6) is -0.787. The van der Waals surface area contributed by atoms with E-state index in [2.05, 4.69) is 20.9 Å². The van der Waals surface area contributed by atoms with Crippen molar-refractivity contribution in [1.82, 2.24) is 0 Å². The standard InChI is InChI=1S/2C8H6N2O2.Cu/c2*11-8-7(10-12)5-3-1-2-4-6(5)9-8;/h2*1-4,12H,(H,9,10,11);/q;;+2/p-1. The molecular weight excluding hydrogens is 376 g/mol. The van der Waals surface area contributed by atoms with E-state index in [1.165, 1.54) is 0 Å². The zero-order valence-electron chi connectivity index (χ0n) is 12.5. The molecule has 0 atom stereocenters. The molecule has 2 aliphatic heterocycles. The maximum Gasteiger partial charge on any atom is 2.00 e. The molecule has 8 nitrogen and oxygen atoms in total. The Hall–Kier alpha value is -3.16.